The number of amides is 1. The minimum Gasteiger partial charge on any atom is -0.348 e. The molecule has 24 heavy (non-hydrogen) atoms. The quantitative estimate of drug-likeness (QED) is 0.916. The lowest BCUT2D eigenvalue weighted by atomic mass is 10.1. The SMILES string of the molecule is Cc1cccc2c1ccn2C(C)C(=O)NC1(CN2CCCC2)CC1. The van der Waals surface area contributed by atoms with Crippen molar-refractivity contribution in [2.75, 3.05) is 19.6 Å². The van der Waals surface area contributed by atoms with Crippen LogP contribution in [0.25, 0.3) is 10.9 Å². The summed E-state index contributed by atoms with van der Waals surface area (Å²) < 4.78 is 2.10. The maximum Gasteiger partial charge on any atom is 0.243 e. The molecule has 0 radical (unpaired) electrons. The van der Waals surface area contributed by atoms with E-state index in [9.17, 15) is 4.79 Å². The van der Waals surface area contributed by atoms with Gasteiger partial charge in [-0.15, -0.1) is 0 Å². The molecule has 0 spiro atoms. The number of carbonyl (C=O) groups excluding carboxylic acids is 1. The Morgan fingerprint density at radius 1 is 1.25 bits per heavy atom. The normalized spacial score (nSPS) is 21.1. The molecular weight excluding hydrogens is 298 g/mol. The lowest BCUT2D eigenvalue weighted by Crippen LogP contribution is -2.47. The molecule has 1 aromatic heterocycles. The number of nitrogens with one attached hydrogen (secondary N) is 1. The Morgan fingerprint density at radius 3 is 2.71 bits per heavy atom. The molecular formula is C20H27N3O. The number of aryl methyl sites for hydroxylation is 1. The number of carbonyl (C=O) groups is 1. The molecule has 1 saturated heterocycles. The second-order valence-electron chi connectivity index (χ2n) is 7.66. The molecule has 2 aromatic rings. The molecule has 1 atom stereocenters. The Kier molecular flexibility index (Phi) is 3.87. The Morgan fingerprint density at radius 2 is 2.00 bits per heavy atom. The summed E-state index contributed by atoms with van der Waals surface area (Å²) in [5.41, 5.74) is 2.43. The minimum atomic E-state index is -0.180. The molecule has 128 valence electrons. The van der Waals surface area contributed by atoms with Gasteiger partial charge >= 0.3 is 0 Å². The van der Waals surface area contributed by atoms with Crippen LogP contribution in [0.4, 0.5) is 0 Å². The number of nitrogens with zero attached hydrogens (tertiary/aromatic N) is 2. The van der Waals surface area contributed by atoms with Gasteiger partial charge in [0.1, 0.15) is 6.04 Å². The van der Waals surface area contributed by atoms with E-state index in [4.69, 9.17) is 0 Å². The fraction of sp³-hybridized carbons (Fsp3) is 0.550. The average molecular weight is 325 g/mol. The molecule has 1 unspecified atom stereocenters. The van der Waals surface area contributed by atoms with Crippen molar-refractivity contribution in [2.24, 2.45) is 0 Å². The second-order valence-corrected chi connectivity index (χ2v) is 7.66. The highest BCUT2D eigenvalue weighted by molar-refractivity contribution is 5.87. The largest absolute Gasteiger partial charge is 0.348 e. The minimum absolute atomic E-state index is 0.0363. The summed E-state index contributed by atoms with van der Waals surface area (Å²) in [5.74, 6) is 0.144. The summed E-state index contributed by atoms with van der Waals surface area (Å²) in [5, 5.41) is 4.59. The van der Waals surface area contributed by atoms with Gasteiger partial charge in [-0.05, 0) is 70.3 Å². The first kappa shape index (κ1) is 15.7. The molecule has 2 fully saturated rings. The summed E-state index contributed by atoms with van der Waals surface area (Å²) >= 11 is 0. The van der Waals surface area contributed by atoms with Gasteiger partial charge in [-0.2, -0.15) is 0 Å². The third-order valence-electron chi connectivity index (χ3n) is 5.74. The molecule has 0 bridgehead atoms. The number of aromatic nitrogens is 1. The van der Waals surface area contributed by atoms with E-state index < -0.39 is 0 Å². The smallest absolute Gasteiger partial charge is 0.243 e. The van der Waals surface area contributed by atoms with E-state index in [1.807, 2.05) is 13.1 Å². The van der Waals surface area contributed by atoms with Gasteiger partial charge in [-0.3, -0.25) is 4.79 Å². The molecule has 1 N–H and O–H groups in total. The Balaban J connectivity index is 1.48. The molecule has 4 nitrogen and oxygen atoms in total. The van der Waals surface area contributed by atoms with Crippen LogP contribution in [0, 0.1) is 6.92 Å². The average Bonchev–Trinajstić information content (AvgIpc) is 2.98. The zero-order valence-electron chi connectivity index (χ0n) is 14.7. The first-order chi connectivity index (χ1) is 11.6. The number of likely N-dealkylation sites (tertiary alicyclic amines) is 1. The van der Waals surface area contributed by atoms with Crippen molar-refractivity contribution in [1.29, 1.82) is 0 Å². The molecule has 4 heteroatoms. The van der Waals surface area contributed by atoms with Gasteiger partial charge < -0.3 is 14.8 Å². The van der Waals surface area contributed by atoms with Crippen molar-refractivity contribution >= 4 is 16.8 Å². The summed E-state index contributed by atoms with van der Waals surface area (Å²) in [6.45, 7) is 7.52. The van der Waals surface area contributed by atoms with Gasteiger partial charge in [-0.1, -0.05) is 12.1 Å². The van der Waals surface area contributed by atoms with Crippen LogP contribution in [0.2, 0.25) is 0 Å². The lowest BCUT2D eigenvalue weighted by Gasteiger charge is -2.26. The number of benzene rings is 1. The van der Waals surface area contributed by atoms with Gasteiger partial charge in [0, 0.05) is 23.6 Å². The Bertz CT molecular complexity index is 753. The lowest BCUT2D eigenvalue weighted by molar-refractivity contribution is -0.124. The highest BCUT2D eigenvalue weighted by Gasteiger charge is 2.46. The summed E-state index contributed by atoms with van der Waals surface area (Å²) in [4.78, 5) is 15.4. The zero-order chi connectivity index (χ0) is 16.7. The van der Waals surface area contributed by atoms with Gasteiger partial charge in [0.15, 0.2) is 0 Å². The number of fused-ring (bicyclic) bond motifs is 1. The summed E-state index contributed by atoms with van der Waals surface area (Å²) in [7, 11) is 0. The summed E-state index contributed by atoms with van der Waals surface area (Å²) in [6, 6.07) is 8.22. The first-order valence-electron chi connectivity index (χ1n) is 9.19. The molecule has 1 aromatic carbocycles. The molecule has 2 heterocycles. The van der Waals surface area contributed by atoms with Crippen LogP contribution in [-0.2, 0) is 4.79 Å². The molecule has 4 rings (SSSR count). The van der Waals surface area contributed by atoms with E-state index in [0.717, 1.165) is 24.9 Å². The van der Waals surface area contributed by atoms with Crippen LogP contribution in [-0.4, -0.2) is 40.5 Å². The van der Waals surface area contributed by atoms with Crippen LogP contribution >= 0.6 is 0 Å². The van der Waals surface area contributed by atoms with Crippen molar-refractivity contribution in [3.05, 3.63) is 36.0 Å². The van der Waals surface area contributed by atoms with Crippen molar-refractivity contribution in [2.45, 2.75) is 51.1 Å². The van der Waals surface area contributed by atoms with Crippen molar-refractivity contribution in [3.8, 4) is 0 Å². The maximum absolute atomic E-state index is 12.8. The van der Waals surface area contributed by atoms with Gasteiger partial charge in [-0.25, -0.2) is 0 Å². The van der Waals surface area contributed by atoms with Crippen LogP contribution in [0.1, 0.15) is 44.2 Å². The third kappa shape index (κ3) is 2.84. The van der Waals surface area contributed by atoms with Crippen LogP contribution in [0.3, 0.4) is 0 Å². The fourth-order valence-electron chi connectivity index (χ4n) is 4.01. The van der Waals surface area contributed by atoms with Gasteiger partial charge in [0.25, 0.3) is 0 Å². The van der Waals surface area contributed by atoms with E-state index in [2.05, 4.69) is 46.0 Å². The Hall–Kier alpha value is -1.81. The van der Waals surface area contributed by atoms with E-state index in [1.54, 1.807) is 0 Å². The van der Waals surface area contributed by atoms with E-state index in [1.165, 1.54) is 36.9 Å². The second kappa shape index (κ2) is 5.92. The molecule has 1 amide bonds. The molecule has 1 aliphatic heterocycles. The van der Waals surface area contributed by atoms with E-state index >= 15 is 0 Å². The van der Waals surface area contributed by atoms with Crippen molar-refractivity contribution in [1.82, 2.24) is 14.8 Å². The van der Waals surface area contributed by atoms with Crippen molar-refractivity contribution in [3.63, 3.8) is 0 Å². The first-order valence-corrected chi connectivity index (χ1v) is 9.19. The number of hydrogen-bond donors (Lipinski definition) is 1. The fourth-order valence-corrected chi connectivity index (χ4v) is 4.01. The number of rotatable bonds is 5. The number of hydrogen-bond acceptors (Lipinski definition) is 2. The van der Waals surface area contributed by atoms with Crippen LogP contribution < -0.4 is 5.32 Å². The topological polar surface area (TPSA) is 37.3 Å². The molecule has 2 aliphatic rings. The zero-order valence-corrected chi connectivity index (χ0v) is 14.7. The maximum atomic E-state index is 12.8. The highest BCUT2D eigenvalue weighted by atomic mass is 16.2. The van der Waals surface area contributed by atoms with Crippen LogP contribution in [0.5, 0.6) is 0 Å². The Labute approximate surface area is 143 Å². The van der Waals surface area contributed by atoms with Gasteiger partial charge in [0.05, 0.1) is 5.54 Å². The monoisotopic (exact) mass is 325 g/mol. The van der Waals surface area contributed by atoms with Gasteiger partial charge in [0.2, 0.25) is 5.91 Å². The molecule has 1 saturated carbocycles. The highest BCUT2D eigenvalue weighted by Crippen LogP contribution is 2.37. The predicted octanol–water partition coefficient (Wildman–Crippen LogP) is 3.26. The standard InChI is InChI=1S/C20H27N3O/c1-15-6-5-7-18-17(15)8-13-23(18)16(2)19(24)21-20(9-10-20)14-22-11-3-4-12-22/h5-8,13,16H,3-4,9-12,14H2,1-2H3,(H,21,24). The predicted molar refractivity (Wildman–Crippen MR) is 97.2 cm³/mol. The molecule has 1 aliphatic carbocycles. The van der Waals surface area contributed by atoms with Crippen molar-refractivity contribution < 1.29 is 4.79 Å². The summed E-state index contributed by atoms with van der Waals surface area (Å²) in [6.07, 6.45) is 6.88. The van der Waals surface area contributed by atoms with Crippen LogP contribution in [0.15, 0.2) is 30.5 Å². The van der Waals surface area contributed by atoms with E-state index in [0.29, 0.717) is 0 Å². The third-order valence-corrected chi connectivity index (χ3v) is 5.74. The van der Waals surface area contributed by atoms with E-state index in [-0.39, 0.29) is 17.5 Å².